The van der Waals surface area contributed by atoms with Gasteiger partial charge in [-0.3, -0.25) is 0 Å². The summed E-state index contributed by atoms with van der Waals surface area (Å²) < 4.78 is 41.5. The zero-order valence-electron chi connectivity index (χ0n) is 23.2. The summed E-state index contributed by atoms with van der Waals surface area (Å²) >= 11 is -0.202. The number of Topliss-reactive ketones (excluding diaryl/α,β-unsaturated/α-hetero) is 1. The predicted molar refractivity (Wildman–Crippen MR) is 140 cm³/mol. The summed E-state index contributed by atoms with van der Waals surface area (Å²) in [6, 6.07) is 9.75. The first kappa shape index (κ1) is 30.7. The van der Waals surface area contributed by atoms with Crippen LogP contribution in [-0.4, -0.2) is 101 Å². The van der Waals surface area contributed by atoms with Gasteiger partial charge < -0.3 is 0 Å². The third kappa shape index (κ3) is 6.98. The number of ether oxygens (including phenoxy) is 7. The minimum absolute atomic E-state index is 0.0183. The van der Waals surface area contributed by atoms with Gasteiger partial charge in [-0.15, -0.1) is 0 Å². The number of hydrogen-bond donors (Lipinski definition) is 0. The van der Waals surface area contributed by atoms with Crippen LogP contribution in [0.2, 0.25) is 0 Å². The molecule has 3 heterocycles. The average molecular weight is 640 g/mol. The fraction of sp³-hybridized carbons (Fsp3) is 0.536. The van der Waals surface area contributed by atoms with Gasteiger partial charge in [-0.1, -0.05) is 0 Å². The van der Waals surface area contributed by atoms with Gasteiger partial charge in [0.25, 0.3) is 0 Å². The quantitative estimate of drug-likeness (QED) is 0.198. The van der Waals surface area contributed by atoms with Crippen LogP contribution in [0.5, 0.6) is 0 Å². The average Bonchev–Trinajstić information content (AvgIpc) is 3.41. The van der Waals surface area contributed by atoms with Crippen LogP contribution in [0.25, 0.3) is 0 Å². The monoisotopic (exact) mass is 640 g/mol. The molecule has 1 aromatic carbocycles. The van der Waals surface area contributed by atoms with Crippen molar-refractivity contribution in [3.63, 3.8) is 0 Å². The molecule has 0 saturated carbocycles. The molecule has 8 atom stereocenters. The SMILES string of the molecule is COC1=C([Se]c2ccccc2)[C@@H]2O[C@H]1C(=O)[C@@H]2C[C@H]1O[C@H](COC(C)=O)[C@H](OC(C)=O)[C@H](OC(C)=O)[C@H]1OC(C)=O. The van der Waals surface area contributed by atoms with Crippen LogP contribution in [0.4, 0.5) is 0 Å². The van der Waals surface area contributed by atoms with Crippen molar-refractivity contribution in [2.24, 2.45) is 5.92 Å². The number of carbonyl (C=O) groups is 5. The molecule has 0 spiro atoms. The normalized spacial score (nSPS) is 30.5. The number of methoxy groups -OCH3 is 1. The minimum atomic E-state index is -1.30. The molecule has 2 saturated heterocycles. The molecule has 0 aliphatic carbocycles. The van der Waals surface area contributed by atoms with E-state index >= 15 is 0 Å². The van der Waals surface area contributed by atoms with Crippen molar-refractivity contribution in [3.05, 3.63) is 40.6 Å². The van der Waals surface area contributed by atoms with Gasteiger partial charge in [0.15, 0.2) is 0 Å². The molecule has 222 valence electrons. The van der Waals surface area contributed by atoms with Crippen LogP contribution in [0, 0.1) is 5.92 Å². The summed E-state index contributed by atoms with van der Waals surface area (Å²) in [5, 5.41) is 0. The molecule has 0 amide bonds. The van der Waals surface area contributed by atoms with Gasteiger partial charge in [0.2, 0.25) is 0 Å². The van der Waals surface area contributed by atoms with Crippen molar-refractivity contribution >= 4 is 49.1 Å². The molecule has 0 radical (unpaired) electrons. The van der Waals surface area contributed by atoms with E-state index in [9.17, 15) is 24.0 Å². The second kappa shape index (κ2) is 13.2. The fourth-order valence-electron chi connectivity index (χ4n) is 5.29. The first-order valence-electron chi connectivity index (χ1n) is 13.0. The Hall–Kier alpha value is -3.25. The van der Waals surface area contributed by atoms with Crippen LogP contribution in [0.1, 0.15) is 34.1 Å². The molecular weight excluding hydrogens is 607 g/mol. The number of esters is 4. The van der Waals surface area contributed by atoms with Crippen LogP contribution >= 0.6 is 0 Å². The Kier molecular flexibility index (Phi) is 9.85. The number of fused-ring (bicyclic) bond motifs is 2. The first-order chi connectivity index (χ1) is 19.5. The molecule has 2 fully saturated rings. The fourth-order valence-corrected chi connectivity index (χ4v) is 7.75. The third-order valence-electron chi connectivity index (χ3n) is 6.78. The standard InChI is InChI=1S/C28H32O12Se/c1-13(29)35-12-20-24(37-15(3)31)26(38-16(4)32)23(36-14(2)30)19(39-20)11-18-21(33)25-27(34-5)28(22(18)40-25)41-17-9-7-6-8-10-17/h6-10,18-20,22-26H,11-12H2,1-5H3/t18-,19+,20+,22+,23-,24-,25-,26+/m0/s1. The predicted octanol–water partition coefficient (Wildman–Crippen LogP) is 0.356. The molecule has 13 heteroatoms. The van der Waals surface area contributed by atoms with E-state index in [4.69, 9.17) is 33.2 Å². The Morgan fingerprint density at radius 2 is 1.39 bits per heavy atom. The summed E-state index contributed by atoms with van der Waals surface area (Å²) in [6.07, 6.45) is -7.36. The molecule has 0 aromatic heterocycles. The van der Waals surface area contributed by atoms with Gasteiger partial charge in [-0.25, -0.2) is 0 Å². The van der Waals surface area contributed by atoms with Crippen molar-refractivity contribution in [2.75, 3.05) is 13.7 Å². The van der Waals surface area contributed by atoms with E-state index in [-0.39, 0.29) is 33.8 Å². The van der Waals surface area contributed by atoms with Gasteiger partial charge in [0, 0.05) is 0 Å². The van der Waals surface area contributed by atoms with E-state index in [1.807, 2.05) is 30.3 Å². The molecule has 0 N–H and O–H groups in total. The molecule has 12 nitrogen and oxygen atoms in total. The summed E-state index contributed by atoms with van der Waals surface area (Å²) in [7, 11) is 1.50. The summed E-state index contributed by atoms with van der Waals surface area (Å²) in [4.78, 5) is 61.4. The van der Waals surface area contributed by atoms with Crippen LogP contribution in [0.15, 0.2) is 40.6 Å². The number of ketones is 1. The van der Waals surface area contributed by atoms with Crippen molar-refractivity contribution in [3.8, 4) is 0 Å². The second-order valence-corrected chi connectivity index (χ2v) is 12.1. The Morgan fingerprint density at radius 3 is 1.95 bits per heavy atom. The topological polar surface area (TPSA) is 150 Å². The van der Waals surface area contributed by atoms with E-state index in [1.54, 1.807) is 0 Å². The number of benzene rings is 1. The van der Waals surface area contributed by atoms with Crippen molar-refractivity contribution < 1.29 is 57.1 Å². The van der Waals surface area contributed by atoms with Crippen LogP contribution < -0.4 is 4.46 Å². The van der Waals surface area contributed by atoms with Gasteiger partial charge in [-0.05, 0) is 0 Å². The number of hydrogen-bond acceptors (Lipinski definition) is 12. The maximum atomic E-state index is 13.5. The summed E-state index contributed by atoms with van der Waals surface area (Å²) in [5.74, 6) is -3.17. The number of rotatable bonds is 10. The van der Waals surface area contributed by atoms with Crippen LogP contribution in [-0.2, 0) is 57.1 Å². The molecule has 3 aliphatic rings. The second-order valence-electron chi connectivity index (χ2n) is 9.77. The molecular formula is C28H32O12Se. The van der Waals surface area contributed by atoms with E-state index in [0.29, 0.717) is 5.76 Å². The van der Waals surface area contributed by atoms with Crippen LogP contribution in [0.3, 0.4) is 0 Å². The van der Waals surface area contributed by atoms with Gasteiger partial charge in [-0.2, -0.15) is 0 Å². The Labute approximate surface area is 243 Å². The van der Waals surface area contributed by atoms with Crippen molar-refractivity contribution in [1.29, 1.82) is 0 Å². The van der Waals surface area contributed by atoms with E-state index in [2.05, 4.69) is 0 Å². The van der Waals surface area contributed by atoms with Gasteiger partial charge in [0.05, 0.1) is 0 Å². The number of carbonyl (C=O) groups excluding carboxylic acids is 5. The Bertz CT molecular complexity index is 1210. The van der Waals surface area contributed by atoms with Crippen molar-refractivity contribution in [2.45, 2.75) is 76.8 Å². The molecule has 0 unspecified atom stereocenters. The molecule has 4 rings (SSSR count). The summed E-state index contributed by atoms with van der Waals surface area (Å²) in [6.45, 7) is 4.34. The van der Waals surface area contributed by atoms with E-state index in [0.717, 1.165) is 22.8 Å². The van der Waals surface area contributed by atoms with E-state index < -0.39 is 72.5 Å². The van der Waals surface area contributed by atoms with Gasteiger partial charge in [0.1, 0.15) is 0 Å². The molecule has 3 aliphatic heterocycles. The molecule has 1 aromatic rings. The molecule has 41 heavy (non-hydrogen) atoms. The Morgan fingerprint density at radius 1 is 0.805 bits per heavy atom. The Balaban J connectivity index is 1.67. The zero-order chi connectivity index (χ0) is 29.8. The van der Waals surface area contributed by atoms with Crippen molar-refractivity contribution in [1.82, 2.24) is 0 Å². The van der Waals surface area contributed by atoms with Gasteiger partial charge >= 0.3 is 243 Å². The zero-order valence-corrected chi connectivity index (χ0v) is 24.9. The van der Waals surface area contributed by atoms with E-state index in [1.165, 1.54) is 21.0 Å². The molecule has 2 bridgehead atoms. The first-order valence-corrected chi connectivity index (χ1v) is 14.7. The summed E-state index contributed by atoms with van der Waals surface area (Å²) in [5.41, 5.74) is 0. The third-order valence-corrected chi connectivity index (χ3v) is 9.21. The maximum absolute atomic E-state index is 13.5.